The molecule has 6 heteroatoms. The molecule has 6 nitrogen and oxygen atoms in total. The molecule has 2 aromatic rings. The van der Waals surface area contributed by atoms with E-state index in [4.69, 9.17) is 14.2 Å². The minimum Gasteiger partial charge on any atom is -0.497 e. The maximum absolute atomic E-state index is 12.8. The third kappa shape index (κ3) is 4.11. The third-order valence-electron chi connectivity index (χ3n) is 4.98. The Labute approximate surface area is 165 Å². The van der Waals surface area contributed by atoms with Gasteiger partial charge in [-0.05, 0) is 54.8 Å². The molecule has 1 amide bonds. The summed E-state index contributed by atoms with van der Waals surface area (Å²) in [6.07, 6.45) is 2.13. The number of nitrogens with zero attached hydrogens (tertiary/aromatic N) is 1. The Balaban J connectivity index is 1.67. The highest BCUT2D eigenvalue weighted by atomic mass is 16.5. The number of ketones is 1. The number of ether oxygens (including phenoxy) is 3. The van der Waals surface area contributed by atoms with E-state index in [0.29, 0.717) is 23.6 Å². The summed E-state index contributed by atoms with van der Waals surface area (Å²) in [7, 11) is 4.70. The number of carbonyl (C=O) groups is 2. The number of rotatable bonds is 7. The number of Topliss-reactive ketones (excluding diaryl/α,β-unsaturated/α-hetero) is 1. The molecule has 1 heterocycles. The Morgan fingerprint density at radius 1 is 0.929 bits per heavy atom. The van der Waals surface area contributed by atoms with Crippen molar-refractivity contribution in [3.05, 3.63) is 47.5 Å². The summed E-state index contributed by atoms with van der Waals surface area (Å²) in [6, 6.07) is 10.8. The highest BCUT2D eigenvalue weighted by molar-refractivity contribution is 6.01. The molecule has 0 unspecified atom stereocenters. The van der Waals surface area contributed by atoms with Gasteiger partial charge in [-0.3, -0.25) is 9.59 Å². The lowest BCUT2D eigenvalue weighted by atomic mass is 10.00. The van der Waals surface area contributed by atoms with Gasteiger partial charge in [0.25, 0.3) is 0 Å². The van der Waals surface area contributed by atoms with Gasteiger partial charge in [-0.15, -0.1) is 0 Å². The molecule has 1 aliphatic heterocycles. The van der Waals surface area contributed by atoms with Crippen LogP contribution in [0.2, 0.25) is 0 Å². The van der Waals surface area contributed by atoms with Crippen molar-refractivity contribution in [2.24, 2.45) is 0 Å². The normalized spacial score (nSPS) is 12.9. The van der Waals surface area contributed by atoms with Crippen molar-refractivity contribution < 1.29 is 23.8 Å². The van der Waals surface area contributed by atoms with Gasteiger partial charge in [-0.1, -0.05) is 0 Å². The molecule has 0 saturated heterocycles. The predicted molar refractivity (Wildman–Crippen MR) is 107 cm³/mol. The first-order chi connectivity index (χ1) is 13.6. The highest BCUT2D eigenvalue weighted by Gasteiger charge is 2.23. The molecule has 0 atom stereocenters. The van der Waals surface area contributed by atoms with E-state index in [1.54, 1.807) is 37.3 Å². The molecule has 148 valence electrons. The lowest BCUT2D eigenvalue weighted by Gasteiger charge is -2.29. The van der Waals surface area contributed by atoms with E-state index < -0.39 is 0 Å². The van der Waals surface area contributed by atoms with Crippen LogP contribution >= 0.6 is 0 Å². The van der Waals surface area contributed by atoms with E-state index in [1.807, 2.05) is 18.2 Å². The predicted octanol–water partition coefficient (Wildman–Crippen LogP) is 3.65. The van der Waals surface area contributed by atoms with Crippen molar-refractivity contribution in [2.45, 2.75) is 25.7 Å². The van der Waals surface area contributed by atoms with Crippen LogP contribution in [0.5, 0.6) is 17.2 Å². The number of amides is 1. The molecule has 0 aromatic heterocycles. The fraction of sp³-hybridized carbons (Fsp3) is 0.364. The molecule has 1 aliphatic rings. The summed E-state index contributed by atoms with van der Waals surface area (Å²) in [5.74, 6) is 1.71. The third-order valence-corrected chi connectivity index (χ3v) is 4.98. The number of fused-ring (bicyclic) bond motifs is 1. The minimum atomic E-state index is -0.0960. The average Bonchev–Trinajstić information content (AvgIpc) is 2.75. The topological polar surface area (TPSA) is 65.1 Å². The van der Waals surface area contributed by atoms with Gasteiger partial charge in [0, 0.05) is 30.6 Å². The Morgan fingerprint density at radius 2 is 1.71 bits per heavy atom. The summed E-state index contributed by atoms with van der Waals surface area (Å²) >= 11 is 0. The first-order valence-corrected chi connectivity index (χ1v) is 9.30. The fourth-order valence-electron chi connectivity index (χ4n) is 3.47. The van der Waals surface area contributed by atoms with Gasteiger partial charge in [0.2, 0.25) is 5.91 Å². The van der Waals surface area contributed by atoms with Gasteiger partial charge in [0.05, 0.1) is 21.3 Å². The summed E-state index contributed by atoms with van der Waals surface area (Å²) in [5, 5.41) is 0. The zero-order valence-corrected chi connectivity index (χ0v) is 16.5. The first-order valence-electron chi connectivity index (χ1n) is 9.30. The van der Waals surface area contributed by atoms with Crippen molar-refractivity contribution in [3.63, 3.8) is 0 Å². The SMILES string of the molecule is COc1ccc2c(c1)CCCN2C(=O)CCC(=O)c1ccc(OC)c(OC)c1. The number of carbonyl (C=O) groups excluding carboxylic acids is 2. The first kappa shape index (κ1) is 19.7. The largest absolute Gasteiger partial charge is 0.497 e. The van der Waals surface area contributed by atoms with Gasteiger partial charge in [0.15, 0.2) is 17.3 Å². The van der Waals surface area contributed by atoms with Crippen LogP contribution in [0.15, 0.2) is 36.4 Å². The number of hydrogen-bond donors (Lipinski definition) is 0. The molecule has 0 saturated carbocycles. The monoisotopic (exact) mass is 383 g/mol. The van der Waals surface area contributed by atoms with Gasteiger partial charge in [-0.25, -0.2) is 0 Å². The van der Waals surface area contributed by atoms with Crippen LogP contribution < -0.4 is 19.1 Å². The van der Waals surface area contributed by atoms with Crippen LogP contribution in [0.25, 0.3) is 0 Å². The van der Waals surface area contributed by atoms with Gasteiger partial charge >= 0.3 is 0 Å². The molecule has 28 heavy (non-hydrogen) atoms. The van der Waals surface area contributed by atoms with E-state index in [2.05, 4.69) is 0 Å². The Morgan fingerprint density at radius 3 is 2.43 bits per heavy atom. The second kappa shape index (κ2) is 8.78. The molecule has 0 radical (unpaired) electrons. The van der Waals surface area contributed by atoms with Crippen LogP contribution in [0.1, 0.15) is 35.2 Å². The summed E-state index contributed by atoms with van der Waals surface area (Å²) < 4.78 is 15.7. The van der Waals surface area contributed by atoms with Gasteiger partial charge in [-0.2, -0.15) is 0 Å². The van der Waals surface area contributed by atoms with Crippen LogP contribution in [0, 0.1) is 0 Å². The van der Waals surface area contributed by atoms with Crippen molar-refractivity contribution in [3.8, 4) is 17.2 Å². The number of benzene rings is 2. The molecule has 0 fully saturated rings. The fourth-order valence-corrected chi connectivity index (χ4v) is 3.47. The minimum absolute atomic E-state index is 0.0417. The summed E-state index contributed by atoms with van der Waals surface area (Å²) in [4.78, 5) is 27.1. The molecule has 0 spiro atoms. The van der Waals surface area contributed by atoms with Crippen molar-refractivity contribution >= 4 is 17.4 Å². The molecular formula is C22H25NO5. The van der Waals surface area contributed by atoms with Crippen LogP contribution in [-0.2, 0) is 11.2 Å². The van der Waals surface area contributed by atoms with E-state index >= 15 is 0 Å². The highest BCUT2D eigenvalue weighted by Crippen LogP contribution is 2.31. The molecule has 0 aliphatic carbocycles. The maximum atomic E-state index is 12.8. The number of hydrogen-bond acceptors (Lipinski definition) is 5. The van der Waals surface area contributed by atoms with Crippen molar-refractivity contribution in [1.82, 2.24) is 0 Å². The standard InChI is InChI=1S/C22H25NO5/c1-26-17-7-8-18-15(13-17)5-4-12-23(18)22(25)11-9-19(24)16-6-10-20(27-2)21(14-16)28-3/h6-8,10,13-14H,4-5,9,11-12H2,1-3H3. The Hall–Kier alpha value is -3.02. The molecule has 3 rings (SSSR count). The van der Waals surface area contributed by atoms with Crippen LogP contribution in [-0.4, -0.2) is 39.6 Å². The van der Waals surface area contributed by atoms with E-state index in [1.165, 1.54) is 7.11 Å². The maximum Gasteiger partial charge on any atom is 0.227 e. The molecular weight excluding hydrogens is 358 g/mol. The van der Waals surface area contributed by atoms with Gasteiger partial charge in [0.1, 0.15) is 5.75 Å². The summed E-state index contributed by atoms with van der Waals surface area (Å²) in [6.45, 7) is 0.669. The van der Waals surface area contributed by atoms with Gasteiger partial charge < -0.3 is 19.1 Å². The second-order valence-electron chi connectivity index (χ2n) is 6.64. The summed E-state index contributed by atoms with van der Waals surface area (Å²) in [5.41, 5.74) is 2.52. The lowest BCUT2D eigenvalue weighted by molar-refractivity contribution is -0.118. The van der Waals surface area contributed by atoms with Crippen molar-refractivity contribution in [2.75, 3.05) is 32.8 Å². The quantitative estimate of drug-likeness (QED) is 0.683. The lowest BCUT2D eigenvalue weighted by Crippen LogP contribution is -2.35. The number of anilines is 1. The number of aryl methyl sites for hydroxylation is 1. The van der Waals surface area contributed by atoms with E-state index in [0.717, 1.165) is 29.8 Å². The number of methoxy groups -OCH3 is 3. The molecule has 2 aromatic carbocycles. The van der Waals surface area contributed by atoms with E-state index in [9.17, 15) is 9.59 Å². The molecule has 0 N–H and O–H groups in total. The van der Waals surface area contributed by atoms with Crippen LogP contribution in [0.3, 0.4) is 0 Å². The zero-order chi connectivity index (χ0) is 20.1. The van der Waals surface area contributed by atoms with Crippen LogP contribution in [0.4, 0.5) is 5.69 Å². The Bertz CT molecular complexity index is 877. The average molecular weight is 383 g/mol. The Kier molecular flexibility index (Phi) is 6.19. The van der Waals surface area contributed by atoms with Crippen molar-refractivity contribution in [1.29, 1.82) is 0 Å². The smallest absolute Gasteiger partial charge is 0.227 e. The zero-order valence-electron chi connectivity index (χ0n) is 16.5. The van der Waals surface area contributed by atoms with E-state index in [-0.39, 0.29) is 24.5 Å². The molecule has 0 bridgehead atoms. The second-order valence-corrected chi connectivity index (χ2v) is 6.64.